The van der Waals surface area contributed by atoms with E-state index in [2.05, 4.69) is 29.4 Å². The van der Waals surface area contributed by atoms with Gasteiger partial charge in [0.1, 0.15) is 0 Å². The van der Waals surface area contributed by atoms with Crippen molar-refractivity contribution in [2.45, 2.75) is 25.4 Å². The highest BCUT2D eigenvalue weighted by molar-refractivity contribution is 7.99. The minimum atomic E-state index is -0.0512. The molecule has 0 fully saturated rings. The molecule has 0 bridgehead atoms. The van der Waals surface area contributed by atoms with E-state index in [1.807, 2.05) is 35.9 Å². The van der Waals surface area contributed by atoms with Crippen LogP contribution in [0.3, 0.4) is 0 Å². The summed E-state index contributed by atoms with van der Waals surface area (Å²) < 4.78 is 7.32. The number of carbonyl (C=O) groups is 1. The van der Waals surface area contributed by atoms with Gasteiger partial charge >= 0.3 is 0 Å². The lowest BCUT2D eigenvalue weighted by atomic mass is 10.1. The summed E-state index contributed by atoms with van der Waals surface area (Å²) in [6, 6.07) is 7.48. The maximum Gasteiger partial charge on any atom is 0.230 e. The van der Waals surface area contributed by atoms with Gasteiger partial charge in [-0.05, 0) is 24.5 Å². The molecule has 0 aliphatic carbocycles. The molecule has 1 aromatic heterocycles. The number of thioether (sulfide) groups is 1. The average molecular weight is 397 g/mol. The Kier molecular flexibility index (Phi) is 8.41. The van der Waals surface area contributed by atoms with Crippen molar-refractivity contribution in [1.29, 1.82) is 0 Å². The largest absolute Gasteiger partial charge is 0.380 e. The first-order valence-electron chi connectivity index (χ1n) is 8.60. The zero-order valence-electron chi connectivity index (χ0n) is 15.4. The van der Waals surface area contributed by atoms with Crippen LogP contribution in [0.2, 0.25) is 5.02 Å². The molecule has 2 aromatic rings. The lowest BCUT2D eigenvalue weighted by Gasteiger charge is -2.08. The van der Waals surface area contributed by atoms with Gasteiger partial charge in [-0.3, -0.25) is 4.79 Å². The van der Waals surface area contributed by atoms with Crippen molar-refractivity contribution in [3.63, 3.8) is 0 Å². The standard InChI is InChI=1S/C18H25ClN4O2S/c1-13(2)8-10-25-11-9-20-16(24)12-26-18-22-21-17(23(18)3)14-6-4-5-7-15(14)19/h4-7,13H,8-12H2,1-3H3,(H,20,24). The third-order valence-electron chi connectivity index (χ3n) is 3.69. The normalized spacial score (nSPS) is 11.1. The minimum Gasteiger partial charge on any atom is -0.380 e. The van der Waals surface area contributed by atoms with Crippen molar-refractivity contribution in [1.82, 2.24) is 20.1 Å². The highest BCUT2D eigenvalue weighted by Gasteiger charge is 2.14. The number of hydrogen-bond donors (Lipinski definition) is 1. The fourth-order valence-corrected chi connectivity index (χ4v) is 3.14. The molecule has 0 radical (unpaired) electrons. The first-order chi connectivity index (χ1) is 12.5. The molecule has 0 saturated heterocycles. The number of nitrogens with one attached hydrogen (secondary N) is 1. The third-order valence-corrected chi connectivity index (χ3v) is 5.04. The summed E-state index contributed by atoms with van der Waals surface area (Å²) in [5, 5.41) is 12.5. The van der Waals surface area contributed by atoms with Crippen molar-refractivity contribution in [2.75, 3.05) is 25.5 Å². The van der Waals surface area contributed by atoms with Gasteiger partial charge in [0.05, 0.1) is 17.4 Å². The van der Waals surface area contributed by atoms with Crippen LogP contribution in [0.25, 0.3) is 11.4 Å². The number of carbonyl (C=O) groups excluding carboxylic acids is 1. The van der Waals surface area contributed by atoms with Crippen LogP contribution in [0.1, 0.15) is 20.3 Å². The molecule has 0 atom stereocenters. The summed E-state index contributed by atoms with van der Waals surface area (Å²) in [5.41, 5.74) is 0.819. The quantitative estimate of drug-likeness (QED) is 0.492. The molecule has 1 aromatic carbocycles. The van der Waals surface area contributed by atoms with Gasteiger partial charge in [-0.2, -0.15) is 0 Å². The minimum absolute atomic E-state index is 0.0512. The Morgan fingerprint density at radius 1 is 1.31 bits per heavy atom. The maximum absolute atomic E-state index is 11.9. The molecule has 1 heterocycles. The fraction of sp³-hybridized carbons (Fsp3) is 0.500. The second kappa shape index (κ2) is 10.5. The molecule has 26 heavy (non-hydrogen) atoms. The van der Waals surface area contributed by atoms with Gasteiger partial charge < -0.3 is 14.6 Å². The molecule has 6 nitrogen and oxygen atoms in total. The van der Waals surface area contributed by atoms with E-state index in [1.54, 1.807) is 0 Å². The lowest BCUT2D eigenvalue weighted by molar-refractivity contribution is -0.118. The second-order valence-corrected chi connectivity index (χ2v) is 7.63. The summed E-state index contributed by atoms with van der Waals surface area (Å²) in [6.07, 6.45) is 1.03. The van der Waals surface area contributed by atoms with E-state index in [9.17, 15) is 4.79 Å². The zero-order chi connectivity index (χ0) is 18.9. The number of benzene rings is 1. The number of halogens is 1. The summed E-state index contributed by atoms with van der Waals surface area (Å²) in [4.78, 5) is 11.9. The van der Waals surface area contributed by atoms with Crippen LogP contribution >= 0.6 is 23.4 Å². The summed E-state index contributed by atoms with van der Waals surface area (Å²) in [5.74, 6) is 1.53. The SMILES string of the molecule is CC(C)CCOCCNC(=O)CSc1nnc(-c2ccccc2Cl)n1C. The predicted octanol–water partition coefficient (Wildman–Crippen LogP) is 3.41. The van der Waals surface area contributed by atoms with Crippen LogP contribution in [-0.4, -0.2) is 46.2 Å². The van der Waals surface area contributed by atoms with Crippen molar-refractivity contribution in [3.8, 4) is 11.4 Å². The van der Waals surface area contributed by atoms with E-state index < -0.39 is 0 Å². The van der Waals surface area contributed by atoms with Crippen molar-refractivity contribution in [3.05, 3.63) is 29.3 Å². The third kappa shape index (κ3) is 6.30. The molecule has 2 rings (SSSR count). The number of hydrogen-bond acceptors (Lipinski definition) is 5. The summed E-state index contributed by atoms with van der Waals surface area (Å²) >= 11 is 7.56. The monoisotopic (exact) mass is 396 g/mol. The Morgan fingerprint density at radius 3 is 2.81 bits per heavy atom. The Balaban J connectivity index is 1.76. The number of amides is 1. The topological polar surface area (TPSA) is 69.0 Å². The first kappa shape index (κ1) is 20.7. The molecule has 0 saturated carbocycles. The van der Waals surface area contributed by atoms with E-state index in [0.717, 1.165) is 18.6 Å². The van der Waals surface area contributed by atoms with E-state index in [1.165, 1.54) is 11.8 Å². The van der Waals surface area contributed by atoms with E-state index in [0.29, 0.717) is 35.1 Å². The smallest absolute Gasteiger partial charge is 0.230 e. The van der Waals surface area contributed by atoms with Gasteiger partial charge in [0.2, 0.25) is 5.91 Å². The fourth-order valence-electron chi connectivity index (χ4n) is 2.18. The predicted molar refractivity (Wildman–Crippen MR) is 105 cm³/mol. The molecule has 142 valence electrons. The number of aromatic nitrogens is 3. The second-order valence-electron chi connectivity index (χ2n) is 6.28. The van der Waals surface area contributed by atoms with E-state index >= 15 is 0 Å². The van der Waals surface area contributed by atoms with Gasteiger partial charge in [0, 0.05) is 25.8 Å². The molecule has 1 amide bonds. The van der Waals surface area contributed by atoms with Crippen molar-refractivity contribution in [2.24, 2.45) is 13.0 Å². The molecular weight excluding hydrogens is 372 g/mol. The Morgan fingerprint density at radius 2 is 2.08 bits per heavy atom. The molecule has 8 heteroatoms. The van der Waals surface area contributed by atoms with E-state index in [4.69, 9.17) is 16.3 Å². The van der Waals surface area contributed by atoms with Gasteiger partial charge in [-0.25, -0.2) is 0 Å². The number of rotatable bonds is 10. The Bertz CT molecular complexity index is 721. The molecule has 0 aliphatic heterocycles. The van der Waals surface area contributed by atoms with Crippen molar-refractivity contribution >= 4 is 29.3 Å². The van der Waals surface area contributed by atoms with Gasteiger partial charge in [0.25, 0.3) is 0 Å². The Labute approximate surface area is 163 Å². The van der Waals surface area contributed by atoms with Crippen LogP contribution in [0.4, 0.5) is 0 Å². The summed E-state index contributed by atoms with van der Waals surface area (Å²) in [6.45, 7) is 6.09. The van der Waals surface area contributed by atoms with Crippen LogP contribution in [-0.2, 0) is 16.6 Å². The zero-order valence-corrected chi connectivity index (χ0v) is 16.9. The average Bonchev–Trinajstić information content (AvgIpc) is 2.97. The van der Waals surface area contributed by atoms with Crippen LogP contribution < -0.4 is 5.32 Å². The summed E-state index contributed by atoms with van der Waals surface area (Å²) in [7, 11) is 1.86. The van der Waals surface area contributed by atoms with Crippen LogP contribution in [0.15, 0.2) is 29.4 Å². The first-order valence-corrected chi connectivity index (χ1v) is 9.97. The maximum atomic E-state index is 11.9. The lowest BCUT2D eigenvalue weighted by Crippen LogP contribution is -2.29. The van der Waals surface area contributed by atoms with Gasteiger partial charge in [-0.1, -0.05) is 49.3 Å². The molecule has 0 spiro atoms. The Hall–Kier alpha value is -1.57. The van der Waals surface area contributed by atoms with Crippen molar-refractivity contribution < 1.29 is 9.53 Å². The highest BCUT2D eigenvalue weighted by atomic mass is 35.5. The molecule has 0 unspecified atom stereocenters. The van der Waals surface area contributed by atoms with Gasteiger partial charge in [0.15, 0.2) is 11.0 Å². The number of nitrogens with zero attached hydrogens (tertiary/aromatic N) is 3. The highest BCUT2D eigenvalue weighted by Crippen LogP contribution is 2.28. The molecule has 0 aliphatic rings. The van der Waals surface area contributed by atoms with Crippen LogP contribution in [0.5, 0.6) is 0 Å². The van der Waals surface area contributed by atoms with E-state index in [-0.39, 0.29) is 11.7 Å². The number of ether oxygens (including phenoxy) is 1. The van der Waals surface area contributed by atoms with Crippen LogP contribution in [0, 0.1) is 5.92 Å². The van der Waals surface area contributed by atoms with Gasteiger partial charge in [-0.15, -0.1) is 10.2 Å². The molecular formula is C18H25ClN4O2S. The molecule has 1 N–H and O–H groups in total.